The van der Waals surface area contributed by atoms with Gasteiger partial charge in [-0.3, -0.25) is 9.59 Å². The number of thiophene rings is 1. The van der Waals surface area contributed by atoms with Gasteiger partial charge < -0.3 is 24.1 Å². The quantitative estimate of drug-likeness (QED) is 0.488. The lowest BCUT2D eigenvalue weighted by atomic mass is 10.0. The molecule has 1 atom stereocenters. The molecule has 1 N–H and O–H groups in total. The highest BCUT2D eigenvalue weighted by molar-refractivity contribution is 7.09. The van der Waals surface area contributed by atoms with Crippen LogP contribution in [0.15, 0.2) is 58.5 Å². The zero-order valence-corrected chi connectivity index (χ0v) is 19.6. The molecule has 0 bridgehead atoms. The third-order valence-corrected chi connectivity index (χ3v) is 6.75. The number of hydrogen-bond acceptors (Lipinski definition) is 6. The molecule has 0 aliphatic heterocycles. The molecule has 1 aromatic carbocycles. The normalized spacial score (nSPS) is 14.6. The van der Waals surface area contributed by atoms with Gasteiger partial charge in [0.1, 0.15) is 6.04 Å². The Hall–Kier alpha value is -3.26. The first-order valence-corrected chi connectivity index (χ1v) is 11.9. The van der Waals surface area contributed by atoms with Gasteiger partial charge in [0, 0.05) is 10.9 Å². The van der Waals surface area contributed by atoms with Crippen molar-refractivity contribution in [3.05, 3.63) is 70.3 Å². The molecule has 7 nitrogen and oxygen atoms in total. The van der Waals surface area contributed by atoms with Gasteiger partial charge in [-0.1, -0.05) is 25.0 Å². The zero-order chi connectivity index (χ0) is 23.2. The monoisotopic (exact) mass is 468 g/mol. The second kappa shape index (κ2) is 10.6. The van der Waals surface area contributed by atoms with Crippen LogP contribution in [-0.2, 0) is 11.3 Å². The molecule has 2 amide bonds. The third-order valence-electron chi connectivity index (χ3n) is 5.88. The van der Waals surface area contributed by atoms with Gasteiger partial charge in [-0.05, 0) is 54.1 Å². The fourth-order valence-electron chi connectivity index (χ4n) is 4.24. The van der Waals surface area contributed by atoms with Crippen molar-refractivity contribution < 1.29 is 23.5 Å². The van der Waals surface area contributed by atoms with Gasteiger partial charge in [-0.2, -0.15) is 0 Å². The lowest BCUT2D eigenvalue weighted by Gasteiger charge is -2.31. The van der Waals surface area contributed by atoms with Crippen LogP contribution < -0.4 is 14.8 Å². The standard InChI is InChI=1S/C25H28N2O5S/c1-30-20-12-11-17(15-22(20)31-2)23(24(28)26-18-7-3-4-8-18)27(16-19-9-6-14-33-19)25(29)21-10-5-13-32-21/h5-6,9-15,18,23H,3-4,7-8,16H2,1-2H3,(H,26,28). The third kappa shape index (κ3) is 5.22. The number of carbonyl (C=O) groups is 2. The highest BCUT2D eigenvalue weighted by atomic mass is 32.1. The molecule has 2 heterocycles. The minimum absolute atomic E-state index is 0.113. The van der Waals surface area contributed by atoms with Gasteiger partial charge in [0.05, 0.1) is 27.0 Å². The Balaban J connectivity index is 1.76. The second-order valence-electron chi connectivity index (χ2n) is 8.00. The highest BCUT2D eigenvalue weighted by Crippen LogP contribution is 2.34. The maximum atomic E-state index is 13.7. The van der Waals surface area contributed by atoms with E-state index in [1.54, 1.807) is 49.5 Å². The number of methoxy groups -OCH3 is 2. The molecule has 1 aliphatic rings. The van der Waals surface area contributed by atoms with E-state index in [-0.39, 0.29) is 30.2 Å². The Bertz CT molecular complexity index is 1060. The van der Waals surface area contributed by atoms with E-state index < -0.39 is 6.04 Å². The van der Waals surface area contributed by atoms with Crippen LogP contribution >= 0.6 is 11.3 Å². The summed E-state index contributed by atoms with van der Waals surface area (Å²) in [6.45, 7) is 0.272. The van der Waals surface area contributed by atoms with Crippen LogP contribution in [0.2, 0.25) is 0 Å². The largest absolute Gasteiger partial charge is 0.493 e. The smallest absolute Gasteiger partial charge is 0.290 e. The van der Waals surface area contributed by atoms with E-state index in [9.17, 15) is 9.59 Å². The number of ether oxygens (including phenoxy) is 2. The summed E-state index contributed by atoms with van der Waals surface area (Å²) >= 11 is 1.54. The molecule has 0 spiro atoms. The van der Waals surface area contributed by atoms with E-state index >= 15 is 0 Å². The molecule has 1 saturated carbocycles. The fourth-order valence-corrected chi connectivity index (χ4v) is 4.94. The van der Waals surface area contributed by atoms with Gasteiger partial charge in [0.15, 0.2) is 17.3 Å². The van der Waals surface area contributed by atoms with Crippen molar-refractivity contribution in [1.29, 1.82) is 0 Å². The van der Waals surface area contributed by atoms with Crippen LogP contribution in [0.3, 0.4) is 0 Å². The topological polar surface area (TPSA) is 81.0 Å². The number of carbonyl (C=O) groups excluding carboxylic acids is 2. The van der Waals surface area contributed by atoms with Crippen LogP contribution in [0.5, 0.6) is 11.5 Å². The fraction of sp³-hybridized carbons (Fsp3) is 0.360. The van der Waals surface area contributed by atoms with E-state index in [0.717, 1.165) is 30.6 Å². The molecule has 0 saturated heterocycles. The Kier molecular flexibility index (Phi) is 7.34. The van der Waals surface area contributed by atoms with Crippen LogP contribution in [0.25, 0.3) is 0 Å². The summed E-state index contributed by atoms with van der Waals surface area (Å²) in [5.74, 6) is 0.666. The van der Waals surface area contributed by atoms with Crippen molar-refractivity contribution in [3.8, 4) is 11.5 Å². The average Bonchev–Trinajstić information content (AvgIpc) is 3.62. The van der Waals surface area contributed by atoms with Crippen molar-refractivity contribution in [2.45, 2.75) is 44.3 Å². The Labute approximate surface area is 197 Å². The molecule has 8 heteroatoms. The first kappa shape index (κ1) is 22.9. The molecule has 1 fully saturated rings. The molecule has 174 valence electrons. The number of furan rings is 1. The summed E-state index contributed by atoms with van der Waals surface area (Å²) in [5, 5.41) is 5.12. The van der Waals surface area contributed by atoms with E-state index in [1.807, 2.05) is 17.5 Å². The van der Waals surface area contributed by atoms with Gasteiger partial charge in [0.25, 0.3) is 5.91 Å². The molecule has 33 heavy (non-hydrogen) atoms. The van der Waals surface area contributed by atoms with Crippen molar-refractivity contribution >= 4 is 23.2 Å². The number of benzene rings is 1. The molecule has 0 radical (unpaired) electrons. The minimum atomic E-state index is -0.870. The van der Waals surface area contributed by atoms with Gasteiger partial charge in [-0.15, -0.1) is 11.3 Å². The van der Waals surface area contributed by atoms with Crippen LogP contribution in [0.4, 0.5) is 0 Å². The minimum Gasteiger partial charge on any atom is -0.493 e. The molecular weight excluding hydrogens is 440 g/mol. The second-order valence-corrected chi connectivity index (χ2v) is 9.03. The van der Waals surface area contributed by atoms with Crippen molar-refractivity contribution in [2.24, 2.45) is 0 Å². The summed E-state index contributed by atoms with van der Waals surface area (Å²) in [7, 11) is 3.11. The first-order chi connectivity index (χ1) is 16.1. The van der Waals surface area contributed by atoms with Crippen molar-refractivity contribution in [1.82, 2.24) is 10.2 Å². The van der Waals surface area contributed by atoms with Crippen molar-refractivity contribution in [2.75, 3.05) is 14.2 Å². The van der Waals surface area contributed by atoms with Gasteiger partial charge in [0.2, 0.25) is 5.91 Å². The number of nitrogens with one attached hydrogen (secondary N) is 1. The maximum Gasteiger partial charge on any atom is 0.290 e. The Morgan fingerprint density at radius 2 is 1.91 bits per heavy atom. The predicted molar refractivity (Wildman–Crippen MR) is 126 cm³/mol. The SMILES string of the molecule is COc1ccc(C(C(=O)NC2CCCC2)N(Cc2cccs2)C(=O)c2ccco2)cc1OC. The summed E-state index contributed by atoms with van der Waals surface area (Å²) in [6, 6.07) is 11.7. The predicted octanol–water partition coefficient (Wildman–Crippen LogP) is 4.80. The average molecular weight is 469 g/mol. The zero-order valence-electron chi connectivity index (χ0n) is 18.8. The van der Waals surface area contributed by atoms with E-state index in [4.69, 9.17) is 13.9 Å². The van der Waals surface area contributed by atoms with Gasteiger partial charge >= 0.3 is 0 Å². The van der Waals surface area contributed by atoms with E-state index in [2.05, 4.69) is 5.32 Å². The number of amides is 2. The van der Waals surface area contributed by atoms with E-state index in [1.165, 1.54) is 17.6 Å². The summed E-state index contributed by atoms with van der Waals surface area (Å²) < 4.78 is 16.3. The van der Waals surface area contributed by atoms with E-state index in [0.29, 0.717) is 17.1 Å². The maximum absolute atomic E-state index is 13.7. The Morgan fingerprint density at radius 3 is 2.55 bits per heavy atom. The van der Waals surface area contributed by atoms with Crippen molar-refractivity contribution in [3.63, 3.8) is 0 Å². The summed E-state index contributed by atoms with van der Waals surface area (Å²) in [5.41, 5.74) is 0.639. The van der Waals surface area contributed by atoms with Gasteiger partial charge in [-0.25, -0.2) is 0 Å². The molecule has 4 rings (SSSR count). The molecule has 1 aliphatic carbocycles. The summed E-state index contributed by atoms with van der Waals surface area (Å²) in [4.78, 5) is 29.8. The lowest BCUT2D eigenvalue weighted by molar-refractivity contribution is -0.126. The highest BCUT2D eigenvalue weighted by Gasteiger charge is 2.35. The molecule has 1 unspecified atom stereocenters. The molecule has 2 aromatic heterocycles. The number of hydrogen-bond donors (Lipinski definition) is 1. The Morgan fingerprint density at radius 1 is 1.12 bits per heavy atom. The summed E-state index contributed by atoms with van der Waals surface area (Å²) in [6.07, 6.45) is 5.54. The lowest BCUT2D eigenvalue weighted by Crippen LogP contribution is -2.45. The number of nitrogens with zero attached hydrogens (tertiary/aromatic N) is 1. The molecular formula is C25H28N2O5S. The number of rotatable bonds is 9. The molecule has 3 aromatic rings. The van der Waals surface area contributed by atoms with Crippen LogP contribution in [-0.4, -0.2) is 37.0 Å². The first-order valence-electron chi connectivity index (χ1n) is 11.0. The van der Waals surface area contributed by atoms with Crippen LogP contribution in [0, 0.1) is 0 Å². The van der Waals surface area contributed by atoms with Crippen LogP contribution in [0.1, 0.15) is 52.7 Å².